The molecule has 2 aromatic carbocycles. The number of ether oxygens (including phenoxy) is 1. The van der Waals surface area contributed by atoms with Crippen molar-refractivity contribution in [1.82, 2.24) is 19.7 Å². The van der Waals surface area contributed by atoms with Gasteiger partial charge in [-0.1, -0.05) is 19.1 Å². The number of amides is 1. The number of piperidine rings is 1. The van der Waals surface area contributed by atoms with Crippen molar-refractivity contribution in [2.75, 3.05) is 31.2 Å². The van der Waals surface area contributed by atoms with Crippen LogP contribution in [-0.2, 0) is 42.9 Å². The maximum atomic E-state index is 14.2. The molecule has 3 aliphatic rings. The van der Waals surface area contributed by atoms with Crippen molar-refractivity contribution in [1.29, 1.82) is 0 Å². The molecule has 4 heterocycles. The number of carbonyl (C=O) groups excluding carboxylic acids is 1. The Morgan fingerprint density at radius 1 is 1.18 bits per heavy atom. The average molecular weight is 540 g/mol. The van der Waals surface area contributed by atoms with Gasteiger partial charge in [0.2, 0.25) is 0 Å². The Bertz CT molecular complexity index is 1400. The third-order valence-corrected chi connectivity index (χ3v) is 8.38. The number of benzene rings is 2. The molecule has 2 saturated heterocycles. The molecule has 0 aliphatic carbocycles. The molecule has 1 atom stereocenters. The zero-order valence-corrected chi connectivity index (χ0v) is 22.2. The molecule has 39 heavy (non-hydrogen) atoms. The molecule has 2 fully saturated rings. The fourth-order valence-corrected chi connectivity index (χ4v) is 6.20. The zero-order valence-electron chi connectivity index (χ0n) is 22.2. The summed E-state index contributed by atoms with van der Waals surface area (Å²) < 4.78 is 50.2. The Balaban J connectivity index is 1.31. The number of hydrogen-bond acceptors (Lipinski definition) is 5. The van der Waals surface area contributed by atoms with Gasteiger partial charge >= 0.3 is 6.18 Å². The normalized spacial score (nSPS) is 21.2. The van der Waals surface area contributed by atoms with Crippen LogP contribution >= 0.6 is 0 Å². The summed E-state index contributed by atoms with van der Waals surface area (Å²) in [6.45, 7) is 5.16. The second kappa shape index (κ2) is 9.75. The van der Waals surface area contributed by atoms with Gasteiger partial charge in [-0.15, -0.1) is 10.2 Å². The van der Waals surface area contributed by atoms with Gasteiger partial charge in [0.1, 0.15) is 12.2 Å². The number of halogens is 3. The van der Waals surface area contributed by atoms with E-state index in [2.05, 4.69) is 22.0 Å². The first-order valence-corrected chi connectivity index (χ1v) is 13.4. The number of aryl methyl sites for hydroxylation is 1. The topological polar surface area (TPSA) is 63.5 Å². The fourth-order valence-electron chi connectivity index (χ4n) is 6.20. The van der Waals surface area contributed by atoms with E-state index >= 15 is 0 Å². The summed E-state index contributed by atoms with van der Waals surface area (Å²) in [4.78, 5) is 17.3. The van der Waals surface area contributed by atoms with Gasteiger partial charge in [-0.2, -0.15) is 13.2 Å². The summed E-state index contributed by atoms with van der Waals surface area (Å²) in [5, 5.41) is 8.19. The predicted octanol–water partition coefficient (Wildman–Crippen LogP) is 4.74. The summed E-state index contributed by atoms with van der Waals surface area (Å²) >= 11 is 0. The number of nitrogens with zero attached hydrogens (tertiary/aromatic N) is 5. The van der Waals surface area contributed by atoms with E-state index in [1.807, 2.05) is 29.8 Å². The first kappa shape index (κ1) is 26.0. The number of alkyl halides is 3. The van der Waals surface area contributed by atoms with Gasteiger partial charge in [0.05, 0.1) is 25.3 Å². The number of fused-ring (bicyclic) bond motifs is 1. The van der Waals surface area contributed by atoms with Crippen LogP contribution in [0.15, 0.2) is 42.7 Å². The van der Waals surface area contributed by atoms with Crippen molar-refractivity contribution in [3.05, 3.63) is 76.4 Å². The smallest absolute Gasteiger partial charge is 0.379 e. The molecule has 206 valence electrons. The van der Waals surface area contributed by atoms with Crippen molar-refractivity contribution in [3.8, 4) is 0 Å². The maximum Gasteiger partial charge on any atom is 0.416 e. The van der Waals surface area contributed by atoms with Crippen molar-refractivity contribution < 1.29 is 22.7 Å². The highest BCUT2D eigenvalue weighted by atomic mass is 19.4. The SMILES string of the molecule is C[C@H]1CCCN(Cc2cc3c(c(C(F)(F)F)c2)CN(c2cccc(C4(Cc5nncn5C)COC4)c2)C3=O)C1. The standard InChI is InChI=1S/C29H32F3N5O2/c1-19-5-4-8-36(13-19)14-20-9-23-24(25(10-20)29(30,31)32)15-37(27(23)38)22-7-3-6-21(11-22)28(16-39-17-28)12-26-34-33-18-35(26)2/h3,6-7,9-11,18-19H,4-5,8,12-17H2,1-2H3/t19-/m0/s1. The number of carbonyl (C=O) groups is 1. The number of anilines is 1. The van der Waals surface area contributed by atoms with E-state index in [4.69, 9.17) is 4.74 Å². The van der Waals surface area contributed by atoms with Crippen LogP contribution in [0.4, 0.5) is 18.9 Å². The monoisotopic (exact) mass is 539 g/mol. The Kier molecular flexibility index (Phi) is 6.50. The Morgan fingerprint density at radius 2 is 2.00 bits per heavy atom. The predicted molar refractivity (Wildman–Crippen MR) is 139 cm³/mol. The molecule has 0 saturated carbocycles. The van der Waals surface area contributed by atoms with Crippen molar-refractivity contribution in [2.45, 2.75) is 50.9 Å². The summed E-state index contributed by atoms with van der Waals surface area (Å²) in [6.07, 6.45) is -0.121. The molecular weight excluding hydrogens is 507 g/mol. The van der Waals surface area contributed by atoms with E-state index in [9.17, 15) is 18.0 Å². The highest BCUT2D eigenvalue weighted by Crippen LogP contribution is 2.42. The third kappa shape index (κ3) is 4.84. The zero-order chi connectivity index (χ0) is 27.4. The van der Waals surface area contributed by atoms with Crippen LogP contribution in [0.1, 0.15) is 58.2 Å². The molecule has 0 bridgehead atoms. The van der Waals surface area contributed by atoms with Crippen LogP contribution in [0.25, 0.3) is 0 Å². The molecule has 3 aliphatic heterocycles. The second-order valence-corrected chi connectivity index (χ2v) is 11.4. The molecule has 0 N–H and O–H groups in total. The number of likely N-dealkylation sites (tertiary alicyclic amines) is 1. The van der Waals surface area contributed by atoms with Crippen LogP contribution in [-0.4, -0.2) is 51.9 Å². The Morgan fingerprint density at radius 3 is 2.67 bits per heavy atom. The van der Waals surface area contributed by atoms with Crippen LogP contribution < -0.4 is 4.90 Å². The number of rotatable bonds is 6. The summed E-state index contributed by atoms with van der Waals surface area (Å²) in [5.41, 5.74) is 1.24. The van der Waals surface area contributed by atoms with Crippen LogP contribution in [0.2, 0.25) is 0 Å². The lowest BCUT2D eigenvalue weighted by Crippen LogP contribution is -2.49. The van der Waals surface area contributed by atoms with E-state index < -0.39 is 17.6 Å². The third-order valence-electron chi connectivity index (χ3n) is 8.38. The fraction of sp³-hybridized carbons (Fsp3) is 0.483. The average Bonchev–Trinajstić information content (AvgIpc) is 3.43. The summed E-state index contributed by atoms with van der Waals surface area (Å²) in [5.74, 6) is 0.935. The van der Waals surface area contributed by atoms with Crippen LogP contribution in [0, 0.1) is 5.92 Å². The van der Waals surface area contributed by atoms with Crippen molar-refractivity contribution >= 4 is 11.6 Å². The van der Waals surface area contributed by atoms with E-state index in [0.717, 1.165) is 37.3 Å². The highest BCUT2D eigenvalue weighted by Gasteiger charge is 2.43. The lowest BCUT2D eigenvalue weighted by Gasteiger charge is -2.42. The molecule has 0 radical (unpaired) electrons. The number of hydrogen-bond donors (Lipinski definition) is 0. The van der Waals surface area contributed by atoms with Crippen molar-refractivity contribution in [3.63, 3.8) is 0 Å². The van der Waals surface area contributed by atoms with E-state index in [-0.39, 0.29) is 23.1 Å². The Labute approximate surface area is 225 Å². The summed E-state index contributed by atoms with van der Waals surface area (Å²) in [6, 6.07) is 10.4. The molecule has 3 aromatic rings. The first-order valence-electron chi connectivity index (χ1n) is 13.4. The van der Waals surface area contributed by atoms with Crippen LogP contribution in [0.5, 0.6) is 0 Å². The lowest BCUT2D eigenvalue weighted by molar-refractivity contribution is -0.138. The molecule has 6 rings (SSSR count). The van der Waals surface area contributed by atoms with Gasteiger partial charge in [-0.3, -0.25) is 9.69 Å². The molecule has 10 heteroatoms. The largest absolute Gasteiger partial charge is 0.416 e. The van der Waals surface area contributed by atoms with Gasteiger partial charge in [-0.05, 0) is 66.3 Å². The molecule has 7 nitrogen and oxygen atoms in total. The van der Waals surface area contributed by atoms with Gasteiger partial charge in [0.15, 0.2) is 0 Å². The van der Waals surface area contributed by atoms with E-state index in [1.54, 1.807) is 18.5 Å². The number of aromatic nitrogens is 3. The van der Waals surface area contributed by atoms with E-state index in [0.29, 0.717) is 43.3 Å². The van der Waals surface area contributed by atoms with Gasteiger partial charge in [0.25, 0.3) is 5.91 Å². The molecule has 0 spiro atoms. The van der Waals surface area contributed by atoms with Gasteiger partial charge in [0, 0.05) is 43.2 Å². The first-order chi connectivity index (χ1) is 18.6. The van der Waals surface area contributed by atoms with Crippen molar-refractivity contribution in [2.24, 2.45) is 13.0 Å². The quantitative estimate of drug-likeness (QED) is 0.453. The van der Waals surface area contributed by atoms with Gasteiger partial charge in [-0.25, -0.2) is 0 Å². The highest BCUT2D eigenvalue weighted by molar-refractivity contribution is 6.10. The molecule has 0 unspecified atom stereocenters. The summed E-state index contributed by atoms with van der Waals surface area (Å²) in [7, 11) is 1.89. The lowest BCUT2D eigenvalue weighted by atomic mass is 9.75. The Hall–Kier alpha value is -3.24. The maximum absolute atomic E-state index is 14.2. The van der Waals surface area contributed by atoms with Gasteiger partial charge < -0.3 is 14.2 Å². The minimum atomic E-state index is -4.54. The molecule has 1 aromatic heterocycles. The second-order valence-electron chi connectivity index (χ2n) is 11.4. The molecule has 1 amide bonds. The minimum absolute atomic E-state index is 0.0504. The van der Waals surface area contributed by atoms with Crippen LogP contribution in [0.3, 0.4) is 0 Å². The minimum Gasteiger partial charge on any atom is -0.379 e. The molecular formula is C29H32F3N5O2. The van der Waals surface area contributed by atoms with E-state index in [1.165, 1.54) is 11.0 Å².